The van der Waals surface area contributed by atoms with E-state index in [1.807, 2.05) is 31.2 Å². The molecule has 0 heterocycles. The number of nitrogens with one attached hydrogen (secondary N) is 2. The monoisotopic (exact) mass is 292 g/mol. The van der Waals surface area contributed by atoms with Crippen molar-refractivity contribution in [1.82, 2.24) is 5.32 Å². The van der Waals surface area contributed by atoms with Crippen LogP contribution in [0.1, 0.15) is 38.7 Å². The van der Waals surface area contributed by atoms with Gasteiger partial charge in [0.1, 0.15) is 13.2 Å². The molecule has 5 nitrogen and oxygen atoms in total. The summed E-state index contributed by atoms with van der Waals surface area (Å²) in [6, 6.07) is 7.70. The summed E-state index contributed by atoms with van der Waals surface area (Å²) in [6.45, 7) is 6.59. The van der Waals surface area contributed by atoms with Gasteiger partial charge in [0.15, 0.2) is 0 Å². The summed E-state index contributed by atoms with van der Waals surface area (Å²) in [6.07, 6.45) is 0.874. The number of anilines is 1. The van der Waals surface area contributed by atoms with Crippen LogP contribution in [0.25, 0.3) is 0 Å². The van der Waals surface area contributed by atoms with Crippen LogP contribution in [0.5, 0.6) is 0 Å². The van der Waals surface area contributed by atoms with Crippen molar-refractivity contribution in [2.24, 2.45) is 0 Å². The van der Waals surface area contributed by atoms with Crippen LogP contribution in [-0.2, 0) is 14.3 Å². The molecule has 0 aliphatic heterocycles. The van der Waals surface area contributed by atoms with Crippen molar-refractivity contribution in [2.45, 2.75) is 33.1 Å². The van der Waals surface area contributed by atoms with Gasteiger partial charge in [-0.3, -0.25) is 9.59 Å². The molecule has 0 saturated heterocycles. The van der Waals surface area contributed by atoms with E-state index >= 15 is 0 Å². The van der Waals surface area contributed by atoms with E-state index in [1.165, 1.54) is 5.56 Å². The molecule has 0 bridgehead atoms. The van der Waals surface area contributed by atoms with Gasteiger partial charge in [-0.25, -0.2) is 0 Å². The first-order valence-corrected chi connectivity index (χ1v) is 7.27. The summed E-state index contributed by atoms with van der Waals surface area (Å²) in [5.74, 6) is -0.0127. The van der Waals surface area contributed by atoms with Gasteiger partial charge in [0.05, 0.1) is 0 Å². The molecule has 21 heavy (non-hydrogen) atoms. The smallest absolute Gasteiger partial charge is 0.250 e. The molecule has 0 aliphatic carbocycles. The van der Waals surface area contributed by atoms with Gasteiger partial charge >= 0.3 is 0 Å². The van der Waals surface area contributed by atoms with Crippen LogP contribution in [-0.4, -0.2) is 31.6 Å². The molecule has 0 unspecified atom stereocenters. The van der Waals surface area contributed by atoms with E-state index in [0.717, 1.165) is 12.1 Å². The Kier molecular flexibility index (Phi) is 7.46. The average Bonchev–Trinajstić information content (AvgIpc) is 2.45. The predicted molar refractivity (Wildman–Crippen MR) is 83.3 cm³/mol. The highest BCUT2D eigenvalue weighted by Gasteiger charge is 2.06. The van der Waals surface area contributed by atoms with Crippen LogP contribution in [0.15, 0.2) is 24.3 Å². The van der Waals surface area contributed by atoms with Crippen LogP contribution >= 0.6 is 0 Å². The second kappa shape index (κ2) is 9.13. The second-order valence-corrected chi connectivity index (χ2v) is 5.17. The lowest BCUT2D eigenvalue weighted by Crippen LogP contribution is -2.30. The molecule has 116 valence electrons. The Bertz CT molecular complexity index is 455. The van der Waals surface area contributed by atoms with E-state index in [9.17, 15) is 9.59 Å². The predicted octanol–water partition coefficient (Wildman–Crippen LogP) is 2.29. The molecule has 0 aromatic heterocycles. The maximum Gasteiger partial charge on any atom is 0.250 e. The number of carbonyl (C=O) groups is 2. The van der Waals surface area contributed by atoms with E-state index in [4.69, 9.17) is 4.74 Å². The topological polar surface area (TPSA) is 67.4 Å². The standard InChI is InChI=1S/C16H24N2O3/c1-4-9-17-15(19)10-21-11-16(20)18-14-7-5-13(6-8-14)12(2)3/h5-8,12H,4,9-11H2,1-3H3,(H,17,19)(H,18,20). The van der Waals surface area contributed by atoms with Gasteiger partial charge < -0.3 is 15.4 Å². The van der Waals surface area contributed by atoms with E-state index < -0.39 is 0 Å². The summed E-state index contributed by atoms with van der Waals surface area (Å²) < 4.78 is 5.06. The molecule has 1 aromatic rings. The van der Waals surface area contributed by atoms with Crippen molar-refractivity contribution in [3.63, 3.8) is 0 Å². The SMILES string of the molecule is CCCNC(=O)COCC(=O)Nc1ccc(C(C)C)cc1. The summed E-state index contributed by atoms with van der Waals surface area (Å²) in [5, 5.41) is 5.41. The minimum atomic E-state index is -0.268. The largest absolute Gasteiger partial charge is 0.362 e. The molecule has 1 rings (SSSR count). The Hall–Kier alpha value is -1.88. The molecule has 2 amide bonds. The molecule has 0 saturated carbocycles. The number of amides is 2. The minimum Gasteiger partial charge on any atom is -0.362 e. The van der Waals surface area contributed by atoms with Gasteiger partial charge in [0.2, 0.25) is 11.8 Å². The number of rotatable bonds is 8. The Morgan fingerprint density at radius 1 is 1.10 bits per heavy atom. The van der Waals surface area contributed by atoms with Crippen molar-refractivity contribution < 1.29 is 14.3 Å². The lowest BCUT2D eigenvalue weighted by molar-refractivity contribution is -0.128. The van der Waals surface area contributed by atoms with Crippen LogP contribution in [0.2, 0.25) is 0 Å². The fourth-order valence-corrected chi connectivity index (χ4v) is 1.70. The number of hydrogen-bond acceptors (Lipinski definition) is 3. The van der Waals surface area contributed by atoms with Crippen LogP contribution in [0.4, 0.5) is 5.69 Å². The maximum absolute atomic E-state index is 11.7. The highest BCUT2D eigenvalue weighted by atomic mass is 16.5. The first kappa shape index (κ1) is 17.2. The van der Waals surface area contributed by atoms with Gasteiger partial charge in [-0.2, -0.15) is 0 Å². The Morgan fingerprint density at radius 3 is 2.29 bits per heavy atom. The molecular formula is C16H24N2O3. The molecule has 0 spiro atoms. The number of carbonyl (C=O) groups excluding carboxylic acids is 2. The average molecular weight is 292 g/mol. The highest BCUT2D eigenvalue weighted by Crippen LogP contribution is 2.16. The van der Waals surface area contributed by atoms with Crippen LogP contribution < -0.4 is 10.6 Å². The van der Waals surface area contributed by atoms with Crippen molar-refractivity contribution in [3.05, 3.63) is 29.8 Å². The van der Waals surface area contributed by atoms with Crippen LogP contribution in [0, 0.1) is 0 Å². The third-order valence-electron chi connectivity index (χ3n) is 2.90. The third kappa shape index (κ3) is 6.90. The lowest BCUT2D eigenvalue weighted by Gasteiger charge is -2.09. The number of ether oxygens (including phenoxy) is 1. The molecular weight excluding hydrogens is 268 g/mol. The molecule has 0 radical (unpaired) electrons. The third-order valence-corrected chi connectivity index (χ3v) is 2.90. The maximum atomic E-state index is 11.7. The normalized spacial score (nSPS) is 10.5. The van der Waals surface area contributed by atoms with Gasteiger partial charge in [0, 0.05) is 12.2 Å². The molecule has 2 N–H and O–H groups in total. The Balaban J connectivity index is 2.28. The van der Waals surface area contributed by atoms with Crippen molar-refractivity contribution in [1.29, 1.82) is 0 Å². The minimum absolute atomic E-state index is 0.0975. The van der Waals surface area contributed by atoms with Crippen molar-refractivity contribution >= 4 is 17.5 Å². The summed E-state index contributed by atoms with van der Waals surface area (Å²) >= 11 is 0. The van der Waals surface area contributed by atoms with Gasteiger partial charge in [-0.05, 0) is 30.0 Å². The van der Waals surface area contributed by atoms with Crippen molar-refractivity contribution in [3.8, 4) is 0 Å². The van der Waals surface area contributed by atoms with E-state index in [2.05, 4.69) is 24.5 Å². The fraction of sp³-hybridized carbons (Fsp3) is 0.500. The van der Waals surface area contributed by atoms with Gasteiger partial charge in [0.25, 0.3) is 0 Å². The molecule has 5 heteroatoms. The van der Waals surface area contributed by atoms with E-state index in [1.54, 1.807) is 0 Å². The molecule has 0 fully saturated rings. The van der Waals surface area contributed by atoms with E-state index in [0.29, 0.717) is 12.5 Å². The number of benzene rings is 1. The molecule has 0 atom stereocenters. The lowest BCUT2D eigenvalue weighted by atomic mass is 10.0. The fourth-order valence-electron chi connectivity index (χ4n) is 1.70. The first-order chi connectivity index (χ1) is 10.0. The second-order valence-electron chi connectivity index (χ2n) is 5.17. The Labute approximate surface area is 126 Å². The zero-order valence-corrected chi connectivity index (χ0v) is 12.9. The Morgan fingerprint density at radius 2 is 1.71 bits per heavy atom. The van der Waals surface area contributed by atoms with Crippen molar-refractivity contribution in [2.75, 3.05) is 25.1 Å². The summed E-state index contributed by atoms with van der Waals surface area (Å²) in [4.78, 5) is 22.9. The molecule has 0 aliphatic rings. The first-order valence-electron chi connectivity index (χ1n) is 7.27. The summed E-state index contributed by atoms with van der Waals surface area (Å²) in [5.41, 5.74) is 1.94. The quantitative estimate of drug-likeness (QED) is 0.772. The zero-order valence-electron chi connectivity index (χ0n) is 12.9. The molecule has 1 aromatic carbocycles. The highest BCUT2D eigenvalue weighted by molar-refractivity contribution is 5.91. The zero-order chi connectivity index (χ0) is 15.7. The van der Waals surface area contributed by atoms with Gasteiger partial charge in [-0.1, -0.05) is 32.9 Å². The number of hydrogen-bond donors (Lipinski definition) is 2. The van der Waals surface area contributed by atoms with E-state index in [-0.39, 0.29) is 25.0 Å². The summed E-state index contributed by atoms with van der Waals surface area (Å²) in [7, 11) is 0. The van der Waals surface area contributed by atoms with Crippen LogP contribution in [0.3, 0.4) is 0 Å². The van der Waals surface area contributed by atoms with Gasteiger partial charge in [-0.15, -0.1) is 0 Å².